The highest BCUT2D eigenvalue weighted by molar-refractivity contribution is 9.09. The maximum atomic E-state index is 10.6. The van der Waals surface area contributed by atoms with Crippen LogP contribution >= 0.6 is 15.9 Å². The molecule has 3 heteroatoms. The van der Waals surface area contributed by atoms with Gasteiger partial charge in [-0.2, -0.15) is 0 Å². The van der Waals surface area contributed by atoms with Crippen LogP contribution in [0.3, 0.4) is 0 Å². The second-order valence-corrected chi connectivity index (χ2v) is 4.42. The number of benzene rings is 1. The van der Waals surface area contributed by atoms with E-state index >= 15 is 0 Å². The van der Waals surface area contributed by atoms with Crippen LogP contribution in [0, 0.1) is 6.92 Å². The highest BCUT2D eigenvalue weighted by Crippen LogP contribution is 2.13. The van der Waals surface area contributed by atoms with Crippen molar-refractivity contribution in [3.63, 3.8) is 0 Å². The molecule has 1 aromatic rings. The summed E-state index contributed by atoms with van der Waals surface area (Å²) >= 11 is 3.39. The minimum atomic E-state index is -0.772. The zero-order chi connectivity index (χ0) is 11.3. The molecule has 0 aromatic heterocycles. The Bertz CT molecular complexity index is 347. The van der Waals surface area contributed by atoms with E-state index in [0.717, 1.165) is 29.3 Å². The van der Waals surface area contributed by atoms with E-state index in [0.29, 0.717) is 0 Å². The van der Waals surface area contributed by atoms with Crippen molar-refractivity contribution in [2.45, 2.75) is 26.2 Å². The number of hydrogen-bond donors (Lipinski definition) is 1. The van der Waals surface area contributed by atoms with Crippen molar-refractivity contribution in [3.8, 4) is 0 Å². The van der Waals surface area contributed by atoms with Crippen molar-refractivity contribution in [2.75, 3.05) is 5.33 Å². The number of carboxylic acids is 1. The maximum Gasteiger partial charge on any atom is 0.307 e. The van der Waals surface area contributed by atoms with Crippen LogP contribution in [0.5, 0.6) is 0 Å². The number of aliphatic carboxylic acids is 1. The van der Waals surface area contributed by atoms with Crippen LogP contribution in [0.25, 0.3) is 0 Å². The van der Waals surface area contributed by atoms with Gasteiger partial charge in [0.2, 0.25) is 0 Å². The molecule has 1 N–H and O–H groups in total. The van der Waals surface area contributed by atoms with E-state index in [9.17, 15) is 4.79 Å². The lowest BCUT2D eigenvalue weighted by atomic mass is 10.0. The summed E-state index contributed by atoms with van der Waals surface area (Å²) < 4.78 is 0. The van der Waals surface area contributed by atoms with E-state index in [1.165, 1.54) is 5.56 Å². The number of halogens is 1. The third-order valence-corrected chi connectivity index (χ3v) is 2.91. The van der Waals surface area contributed by atoms with Gasteiger partial charge in [0.25, 0.3) is 0 Å². The minimum absolute atomic E-state index is 0.116. The molecule has 0 spiro atoms. The number of carbonyl (C=O) groups is 1. The fraction of sp³-hybridized carbons (Fsp3) is 0.417. The molecule has 1 rings (SSSR count). The molecule has 0 aliphatic heterocycles. The van der Waals surface area contributed by atoms with Gasteiger partial charge in [-0.1, -0.05) is 34.1 Å². The topological polar surface area (TPSA) is 37.3 Å². The third-order valence-electron chi connectivity index (χ3n) is 2.35. The van der Waals surface area contributed by atoms with Crippen molar-refractivity contribution >= 4 is 21.9 Å². The number of hydrogen-bond acceptors (Lipinski definition) is 1. The van der Waals surface area contributed by atoms with E-state index in [-0.39, 0.29) is 6.42 Å². The van der Waals surface area contributed by atoms with Crippen LogP contribution in [-0.4, -0.2) is 16.4 Å². The van der Waals surface area contributed by atoms with Crippen molar-refractivity contribution in [1.82, 2.24) is 0 Å². The summed E-state index contributed by atoms with van der Waals surface area (Å²) in [4.78, 5) is 10.6. The van der Waals surface area contributed by atoms with Gasteiger partial charge in [-0.3, -0.25) is 4.79 Å². The highest BCUT2D eigenvalue weighted by atomic mass is 79.9. The van der Waals surface area contributed by atoms with Gasteiger partial charge in [0, 0.05) is 5.33 Å². The number of alkyl halides is 1. The molecule has 15 heavy (non-hydrogen) atoms. The van der Waals surface area contributed by atoms with Gasteiger partial charge in [-0.15, -0.1) is 0 Å². The van der Waals surface area contributed by atoms with Crippen molar-refractivity contribution in [2.24, 2.45) is 0 Å². The van der Waals surface area contributed by atoms with E-state index < -0.39 is 5.97 Å². The molecule has 0 amide bonds. The van der Waals surface area contributed by atoms with Crippen LogP contribution in [0.1, 0.15) is 23.1 Å². The normalized spacial score (nSPS) is 10.3. The summed E-state index contributed by atoms with van der Waals surface area (Å²) in [6.07, 6.45) is 2.27. The van der Waals surface area contributed by atoms with Crippen molar-refractivity contribution < 1.29 is 9.90 Å². The van der Waals surface area contributed by atoms with Crippen LogP contribution in [0.15, 0.2) is 18.2 Å². The fourth-order valence-electron chi connectivity index (χ4n) is 1.55. The van der Waals surface area contributed by atoms with E-state index in [2.05, 4.69) is 22.0 Å². The number of rotatable bonds is 5. The molecular weight excluding hydrogens is 256 g/mol. The molecule has 0 radical (unpaired) electrons. The van der Waals surface area contributed by atoms with Crippen LogP contribution in [-0.2, 0) is 17.6 Å². The van der Waals surface area contributed by atoms with Gasteiger partial charge < -0.3 is 5.11 Å². The first-order chi connectivity index (χ1) is 7.13. The summed E-state index contributed by atoms with van der Waals surface area (Å²) in [7, 11) is 0. The average molecular weight is 271 g/mol. The van der Waals surface area contributed by atoms with Crippen molar-refractivity contribution in [1.29, 1.82) is 0 Å². The monoisotopic (exact) mass is 270 g/mol. The minimum Gasteiger partial charge on any atom is -0.481 e. The quantitative estimate of drug-likeness (QED) is 0.836. The second-order valence-electron chi connectivity index (χ2n) is 3.62. The fourth-order valence-corrected chi connectivity index (χ4v) is 1.83. The summed E-state index contributed by atoms with van der Waals surface area (Å²) in [5.41, 5.74) is 3.26. The first-order valence-corrected chi connectivity index (χ1v) is 6.12. The molecule has 0 saturated heterocycles. The molecule has 2 nitrogen and oxygen atoms in total. The molecule has 0 fully saturated rings. The summed E-state index contributed by atoms with van der Waals surface area (Å²) in [6, 6.07) is 6.03. The molecule has 0 aliphatic carbocycles. The van der Waals surface area contributed by atoms with Gasteiger partial charge in [0.15, 0.2) is 0 Å². The molecule has 0 saturated carbocycles. The molecule has 0 heterocycles. The standard InChI is InChI=1S/C12H15BrO2/c1-9-7-10(3-2-6-13)4-5-11(9)8-12(14)15/h4-5,7H,2-3,6,8H2,1H3,(H,14,15). The first-order valence-electron chi connectivity index (χ1n) is 4.99. The van der Waals surface area contributed by atoms with Gasteiger partial charge in [0.05, 0.1) is 6.42 Å². The Balaban J connectivity index is 2.74. The number of carboxylic acid groups (broad SMARTS) is 1. The lowest BCUT2D eigenvalue weighted by Crippen LogP contribution is -2.02. The van der Waals surface area contributed by atoms with E-state index in [4.69, 9.17) is 5.11 Å². The van der Waals surface area contributed by atoms with Gasteiger partial charge in [0.1, 0.15) is 0 Å². The second kappa shape index (κ2) is 5.91. The Labute approximate surface area is 98.4 Å². The predicted molar refractivity (Wildman–Crippen MR) is 64.6 cm³/mol. The highest BCUT2D eigenvalue weighted by Gasteiger charge is 2.04. The largest absolute Gasteiger partial charge is 0.481 e. The predicted octanol–water partition coefficient (Wildman–Crippen LogP) is 2.95. The SMILES string of the molecule is Cc1cc(CCCBr)ccc1CC(=O)O. The van der Waals surface area contributed by atoms with Crippen LogP contribution < -0.4 is 0 Å². The Morgan fingerprint density at radius 1 is 1.47 bits per heavy atom. The Morgan fingerprint density at radius 3 is 2.73 bits per heavy atom. The van der Waals surface area contributed by atoms with Crippen LogP contribution in [0.4, 0.5) is 0 Å². The first kappa shape index (κ1) is 12.2. The Kier molecular flexibility index (Phi) is 4.82. The maximum absolute atomic E-state index is 10.6. The van der Waals surface area contributed by atoms with E-state index in [1.54, 1.807) is 0 Å². The zero-order valence-corrected chi connectivity index (χ0v) is 10.4. The van der Waals surface area contributed by atoms with Crippen molar-refractivity contribution in [3.05, 3.63) is 34.9 Å². The third kappa shape index (κ3) is 4.04. The Hall–Kier alpha value is -0.830. The molecule has 82 valence electrons. The zero-order valence-electron chi connectivity index (χ0n) is 8.79. The lowest BCUT2D eigenvalue weighted by molar-refractivity contribution is -0.136. The molecule has 0 unspecified atom stereocenters. The average Bonchev–Trinajstić information content (AvgIpc) is 2.18. The summed E-state index contributed by atoms with van der Waals surface area (Å²) in [6.45, 7) is 1.97. The lowest BCUT2D eigenvalue weighted by Gasteiger charge is -2.06. The van der Waals surface area contributed by atoms with Gasteiger partial charge in [-0.05, 0) is 36.5 Å². The van der Waals surface area contributed by atoms with Gasteiger partial charge in [-0.25, -0.2) is 0 Å². The van der Waals surface area contributed by atoms with Gasteiger partial charge >= 0.3 is 5.97 Å². The number of aryl methyl sites for hydroxylation is 2. The summed E-state index contributed by atoms with van der Waals surface area (Å²) in [5.74, 6) is -0.772. The molecule has 0 atom stereocenters. The smallest absolute Gasteiger partial charge is 0.307 e. The van der Waals surface area contributed by atoms with E-state index in [1.807, 2.05) is 19.1 Å². The molecular formula is C12H15BrO2. The summed E-state index contributed by atoms with van der Waals surface area (Å²) in [5, 5.41) is 9.70. The molecule has 0 bridgehead atoms. The molecule has 1 aromatic carbocycles. The van der Waals surface area contributed by atoms with Crippen LogP contribution in [0.2, 0.25) is 0 Å². The molecule has 0 aliphatic rings. The Morgan fingerprint density at radius 2 is 2.20 bits per heavy atom.